The maximum absolute atomic E-state index is 12.2. The third-order valence-electron chi connectivity index (χ3n) is 8.83. The summed E-state index contributed by atoms with van der Waals surface area (Å²) >= 11 is 0. The first kappa shape index (κ1) is 39.5. The molecule has 21 nitrogen and oxygen atoms in total. The van der Waals surface area contributed by atoms with Gasteiger partial charge in [-0.1, -0.05) is 6.92 Å². The Balaban J connectivity index is 1.56. The highest BCUT2D eigenvalue weighted by Gasteiger charge is 2.55. The second-order valence-corrected chi connectivity index (χ2v) is 12.1. The topological polar surface area (TPSA) is 336 Å². The van der Waals surface area contributed by atoms with Crippen molar-refractivity contribution in [3.63, 3.8) is 0 Å². The molecule has 0 radical (unpaired) electrons. The van der Waals surface area contributed by atoms with Crippen molar-refractivity contribution in [3.8, 4) is 0 Å². The summed E-state index contributed by atoms with van der Waals surface area (Å²) in [5.74, 6) is -0.715. The lowest BCUT2D eigenvalue weighted by molar-refractivity contribution is -0.379. The standard InChI is InChI=1S/C27H47NO20/c1-3-8-14(34)23(20(40)27(43-8)47-22-10(5-30)42-24(41)18(38)17(22)37)48-25-12(28-7(2)32)15(35)21(11(6-31)45-25)46-26-19(39)16(36)13(33)9(4-29)44-26/h8-27,29-31,33-41H,3-6H2,1-2H3,(H,28,32)/t8?,9?,10?,11?,12?,13-,14-,15?,16?,17?,18?,19?,20?,21+,22+,23?,24+,25-,26-,27-/m0/s1. The smallest absolute Gasteiger partial charge is 0.217 e. The maximum Gasteiger partial charge on any atom is 0.217 e. The monoisotopic (exact) mass is 705 g/mol. The zero-order chi connectivity index (χ0) is 35.6. The number of aliphatic hydroxyl groups excluding tert-OH is 12. The molecule has 4 rings (SSSR count). The zero-order valence-electron chi connectivity index (χ0n) is 26.0. The number of rotatable bonds is 11. The van der Waals surface area contributed by atoms with Crippen molar-refractivity contribution in [3.05, 3.63) is 0 Å². The van der Waals surface area contributed by atoms with Crippen molar-refractivity contribution in [2.45, 2.75) is 143 Å². The zero-order valence-corrected chi connectivity index (χ0v) is 26.0. The minimum atomic E-state index is -1.91. The molecule has 0 spiro atoms. The minimum absolute atomic E-state index is 0.111. The van der Waals surface area contributed by atoms with E-state index in [4.69, 9.17) is 33.2 Å². The van der Waals surface area contributed by atoms with Crippen LogP contribution in [-0.4, -0.2) is 210 Å². The summed E-state index contributed by atoms with van der Waals surface area (Å²) in [7, 11) is 0. The van der Waals surface area contributed by atoms with Crippen molar-refractivity contribution in [2.24, 2.45) is 0 Å². The van der Waals surface area contributed by atoms with E-state index in [0.717, 1.165) is 6.92 Å². The molecule has 4 fully saturated rings. The van der Waals surface area contributed by atoms with Crippen molar-refractivity contribution in [2.75, 3.05) is 19.8 Å². The van der Waals surface area contributed by atoms with Gasteiger partial charge in [-0.2, -0.15) is 0 Å². The Morgan fingerprint density at radius 3 is 1.60 bits per heavy atom. The number of hydrogen-bond acceptors (Lipinski definition) is 20. The first-order chi connectivity index (χ1) is 22.7. The van der Waals surface area contributed by atoms with Crippen LogP contribution in [0.4, 0.5) is 0 Å². The molecule has 280 valence electrons. The maximum atomic E-state index is 12.2. The molecule has 4 aliphatic heterocycles. The predicted molar refractivity (Wildman–Crippen MR) is 149 cm³/mol. The highest BCUT2D eigenvalue weighted by Crippen LogP contribution is 2.34. The first-order valence-corrected chi connectivity index (χ1v) is 15.5. The molecule has 12 unspecified atom stereocenters. The van der Waals surface area contributed by atoms with Crippen LogP contribution in [0.15, 0.2) is 0 Å². The third-order valence-corrected chi connectivity index (χ3v) is 8.83. The Bertz CT molecular complexity index is 1030. The Hall–Kier alpha value is -1.29. The molecule has 1 amide bonds. The number of aliphatic hydroxyl groups is 12. The van der Waals surface area contributed by atoms with Crippen molar-refractivity contribution in [1.29, 1.82) is 0 Å². The average Bonchev–Trinajstić information content (AvgIpc) is 3.06. The van der Waals surface area contributed by atoms with Gasteiger partial charge in [0.25, 0.3) is 0 Å². The van der Waals surface area contributed by atoms with Gasteiger partial charge in [-0.25, -0.2) is 0 Å². The molecule has 0 aliphatic carbocycles. The van der Waals surface area contributed by atoms with Crippen LogP contribution in [0.1, 0.15) is 20.3 Å². The predicted octanol–water partition coefficient (Wildman–Crippen LogP) is -8.19. The summed E-state index contributed by atoms with van der Waals surface area (Å²) in [4.78, 5) is 12.2. The molecular formula is C27H47NO20. The molecule has 0 aromatic carbocycles. The Morgan fingerprint density at radius 1 is 0.542 bits per heavy atom. The lowest BCUT2D eigenvalue weighted by Gasteiger charge is -2.50. The lowest BCUT2D eigenvalue weighted by Crippen LogP contribution is -2.69. The van der Waals surface area contributed by atoms with Crippen LogP contribution in [-0.2, 0) is 38.0 Å². The van der Waals surface area contributed by atoms with E-state index < -0.39 is 148 Å². The second-order valence-electron chi connectivity index (χ2n) is 12.1. The Labute approximate surface area is 273 Å². The first-order valence-electron chi connectivity index (χ1n) is 15.5. The lowest BCUT2D eigenvalue weighted by atomic mass is 9.94. The van der Waals surface area contributed by atoms with E-state index in [9.17, 15) is 66.1 Å². The largest absolute Gasteiger partial charge is 0.394 e. The fourth-order valence-corrected chi connectivity index (χ4v) is 6.13. The summed E-state index contributed by atoms with van der Waals surface area (Å²) in [6.45, 7) is 0.265. The number of carbonyl (C=O) groups is 1. The number of ether oxygens (including phenoxy) is 7. The van der Waals surface area contributed by atoms with Gasteiger partial charge in [0.1, 0.15) is 91.5 Å². The van der Waals surface area contributed by atoms with Crippen molar-refractivity contribution < 1.29 is 99.2 Å². The molecular weight excluding hydrogens is 658 g/mol. The van der Waals surface area contributed by atoms with Gasteiger partial charge >= 0.3 is 0 Å². The number of nitrogens with one attached hydrogen (secondary N) is 1. The van der Waals surface area contributed by atoms with Gasteiger partial charge in [0.05, 0.1) is 25.9 Å². The summed E-state index contributed by atoms with van der Waals surface area (Å²) in [6.07, 6.45) is -31.6. The molecule has 0 aromatic rings. The molecule has 4 aliphatic rings. The van der Waals surface area contributed by atoms with Gasteiger partial charge in [0, 0.05) is 6.92 Å². The van der Waals surface area contributed by atoms with Gasteiger partial charge in [-0.15, -0.1) is 0 Å². The number of hydrogen-bond donors (Lipinski definition) is 13. The Kier molecular flexibility index (Phi) is 13.8. The summed E-state index contributed by atoms with van der Waals surface area (Å²) in [6, 6.07) is -1.55. The minimum Gasteiger partial charge on any atom is -0.394 e. The quantitative estimate of drug-likeness (QED) is 0.0949. The molecule has 0 saturated carbocycles. The average molecular weight is 706 g/mol. The van der Waals surface area contributed by atoms with Crippen LogP contribution in [0, 0.1) is 0 Å². The molecule has 4 saturated heterocycles. The van der Waals surface area contributed by atoms with Crippen LogP contribution in [0.3, 0.4) is 0 Å². The molecule has 0 bridgehead atoms. The van der Waals surface area contributed by atoms with E-state index in [1.165, 1.54) is 0 Å². The van der Waals surface area contributed by atoms with Crippen molar-refractivity contribution in [1.82, 2.24) is 5.32 Å². The van der Waals surface area contributed by atoms with Crippen LogP contribution in [0.5, 0.6) is 0 Å². The fraction of sp³-hybridized carbons (Fsp3) is 0.963. The van der Waals surface area contributed by atoms with Crippen LogP contribution < -0.4 is 5.32 Å². The highest BCUT2D eigenvalue weighted by atomic mass is 16.8. The third kappa shape index (κ3) is 8.10. The Morgan fingerprint density at radius 2 is 1.04 bits per heavy atom. The summed E-state index contributed by atoms with van der Waals surface area (Å²) in [5, 5.41) is 127. The second kappa shape index (κ2) is 16.8. The highest BCUT2D eigenvalue weighted by molar-refractivity contribution is 5.73. The molecule has 20 atom stereocenters. The normalized spacial score (nSPS) is 50.2. The molecule has 48 heavy (non-hydrogen) atoms. The SMILES string of the molecule is CCC1O[C@@H](O[C@@H]2C(CO)O[C@@H](O)C(O)C2O)C(O)C(O[C@@H]2OC(CO)[C@@H](O[C@@H]3OC(CO)[C@H](O)C(O)C3O)C(O)C2NC(C)=O)[C@H]1O. The van der Waals surface area contributed by atoms with E-state index in [1.54, 1.807) is 6.92 Å². The van der Waals surface area contributed by atoms with E-state index in [-0.39, 0.29) is 6.42 Å². The van der Waals surface area contributed by atoms with Gasteiger partial charge in [-0.3, -0.25) is 4.79 Å². The van der Waals surface area contributed by atoms with E-state index in [1.807, 2.05) is 0 Å². The molecule has 0 aromatic heterocycles. The van der Waals surface area contributed by atoms with Crippen LogP contribution >= 0.6 is 0 Å². The number of amides is 1. The van der Waals surface area contributed by atoms with Gasteiger partial charge < -0.3 is 99.8 Å². The van der Waals surface area contributed by atoms with Crippen LogP contribution in [0.2, 0.25) is 0 Å². The van der Waals surface area contributed by atoms with E-state index in [0.29, 0.717) is 0 Å². The van der Waals surface area contributed by atoms with Gasteiger partial charge in [0.2, 0.25) is 5.91 Å². The van der Waals surface area contributed by atoms with Crippen LogP contribution in [0.25, 0.3) is 0 Å². The van der Waals surface area contributed by atoms with Crippen molar-refractivity contribution >= 4 is 5.91 Å². The fourth-order valence-electron chi connectivity index (χ4n) is 6.13. The van der Waals surface area contributed by atoms with Gasteiger partial charge in [0.15, 0.2) is 25.2 Å². The summed E-state index contributed by atoms with van der Waals surface area (Å²) in [5.41, 5.74) is 0. The molecule has 4 heterocycles. The van der Waals surface area contributed by atoms with E-state index >= 15 is 0 Å². The van der Waals surface area contributed by atoms with E-state index in [2.05, 4.69) is 5.32 Å². The molecule has 21 heteroatoms. The molecule has 13 N–H and O–H groups in total. The van der Waals surface area contributed by atoms with Gasteiger partial charge in [-0.05, 0) is 6.42 Å². The number of carbonyl (C=O) groups excluding carboxylic acids is 1. The summed E-state index contributed by atoms with van der Waals surface area (Å²) < 4.78 is 39.2.